The first-order chi connectivity index (χ1) is 14.0. The third-order valence-corrected chi connectivity index (χ3v) is 5.29. The molecule has 2 aliphatic heterocycles. The van der Waals surface area contributed by atoms with E-state index in [0.29, 0.717) is 35.7 Å². The average molecular weight is 391 g/mol. The maximum absolute atomic E-state index is 12.8. The van der Waals surface area contributed by atoms with Gasteiger partial charge in [0, 0.05) is 24.7 Å². The molecule has 0 saturated carbocycles. The highest BCUT2D eigenvalue weighted by molar-refractivity contribution is 6.19. The minimum atomic E-state index is -0.626. The van der Waals surface area contributed by atoms with Gasteiger partial charge in [-0.3, -0.25) is 24.3 Å². The van der Waals surface area contributed by atoms with Gasteiger partial charge in [-0.1, -0.05) is 30.3 Å². The maximum atomic E-state index is 12.8. The standard InChI is InChI=1S/C21H21N5O3/c1-13(26-10-6-9-15-18(26)21(29)25(2)20(15)28)19(27)24-17-12-22-16(11-23-17)14-7-4-3-5-8-14/h3-5,7-8,11-13H,6,9-10H2,1-2H3,(H,23,24,27). The summed E-state index contributed by atoms with van der Waals surface area (Å²) in [5.41, 5.74) is 2.49. The number of imide groups is 1. The Hall–Kier alpha value is -3.55. The van der Waals surface area contributed by atoms with Crippen LogP contribution in [0.5, 0.6) is 0 Å². The minimum absolute atomic E-state index is 0.273. The minimum Gasteiger partial charge on any atom is -0.355 e. The predicted molar refractivity (Wildman–Crippen MR) is 106 cm³/mol. The maximum Gasteiger partial charge on any atom is 0.277 e. The van der Waals surface area contributed by atoms with Crippen molar-refractivity contribution in [1.82, 2.24) is 19.8 Å². The van der Waals surface area contributed by atoms with Crippen molar-refractivity contribution in [3.8, 4) is 11.3 Å². The molecule has 0 bridgehead atoms. The molecule has 29 heavy (non-hydrogen) atoms. The summed E-state index contributed by atoms with van der Waals surface area (Å²) < 4.78 is 0. The van der Waals surface area contributed by atoms with Gasteiger partial charge in [-0.15, -0.1) is 0 Å². The highest BCUT2D eigenvalue weighted by Crippen LogP contribution is 2.32. The molecule has 3 amide bonds. The summed E-state index contributed by atoms with van der Waals surface area (Å²) in [5, 5.41) is 2.75. The van der Waals surface area contributed by atoms with Crippen molar-refractivity contribution < 1.29 is 14.4 Å². The molecule has 2 aliphatic rings. The number of carbonyl (C=O) groups excluding carboxylic acids is 3. The van der Waals surface area contributed by atoms with Crippen molar-refractivity contribution in [1.29, 1.82) is 0 Å². The summed E-state index contributed by atoms with van der Waals surface area (Å²) in [5.74, 6) is -0.602. The van der Waals surface area contributed by atoms with Crippen molar-refractivity contribution in [2.45, 2.75) is 25.8 Å². The molecule has 0 aliphatic carbocycles. The van der Waals surface area contributed by atoms with E-state index in [4.69, 9.17) is 0 Å². The SMILES string of the molecule is CC(C(=O)Nc1cnc(-c2ccccc2)cn1)N1CCCC2=C1C(=O)N(C)C2=O. The highest BCUT2D eigenvalue weighted by Gasteiger charge is 2.42. The molecule has 0 radical (unpaired) electrons. The number of hydrogen-bond acceptors (Lipinski definition) is 6. The summed E-state index contributed by atoms with van der Waals surface area (Å²) >= 11 is 0. The molecule has 8 heteroatoms. The van der Waals surface area contributed by atoms with Crippen molar-refractivity contribution >= 4 is 23.5 Å². The Morgan fingerprint density at radius 1 is 1.10 bits per heavy atom. The molecule has 0 fully saturated rings. The summed E-state index contributed by atoms with van der Waals surface area (Å²) in [6.07, 6.45) is 4.38. The number of benzene rings is 1. The molecule has 2 aromatic rings. The van der Waals surface area contributed by atoms with Gasteiger partial charge in [-0.05, 0) is 19.8 Å². The zero-order valence-corrected chi connectivity index (χ0v) is 16.3. The Bertz CT molecular complexity index is 1000. The van der Waals surface area contributed by atoms with Crippen LogP contribution in [0.3, 0.4) is 0 Å². The van der Waals surface area contributed by atoms with Crippen LogP contribution in [0.15, 0.2) is 54.0 Å². The molecule has 1 unspecified atom stereocenters. The molecule has 1 atom stereocenters. The molecule has 1 aromatic carbocycles. The van der Waals surface area contributed by atoms with Gasteiger partial charge < -0.3 is 10.2 Å². The second-order valence-corrected chi connectivity index (χ2v) is 7.11. The van der Waals surface area contributed by atoms with Crippen LogP contribution in [0.1, 0.15) is 19.8 Å². The van der Waals surface area contributed by atoms with Gasteiger partial charge in [0.2, 0.25) is 5.91 Å². The van der Waals surface area contributed by atoms with E-state index in [-0.39, 0.29) is 17.7 Å². The molecular formula is C21H21N5O3. The van der Waals surface area contributed by atoms with Crippen LogP contribution in [0.4, 0.5) is 5.82 Å². The Balaban J connectivity index is 1.49. The summed E-state index contributed by atoms with van der Waals surface area (Å²) in [4.78, 5) is 48.9. The molecule has 0 spiro atoms. The number of nitrogens with one attached hydrogen (secondary N) is 1. The van der Waals surface area contributed by atoms with Crippen LogP contribution in [-0.4, -0.2) is 57.1 Å². The monoisotopic (exact) mass is 391 g/mol. The van der Waals surface area contributed by atoms with Crippen LogP contribution in [-0.2, 0) is 14.4 Å². The fourth-order valence-corrected chi connectivity index (χ4v) is 3.65. The Morgan fingerprint density at radius 2 is 1.86 bits per heavy atom. The lowest BCUT2D eigenvalue weighted by molar-refractivity contribution is -0.136. The zero-order valence-electron chi connectivity index (χ0n) is 16.3. The largest absolute Gasteiger partial charge is 0.355 e. The van der Waals surface area contributed by atoms with E-state index in [0.717, 1.165) is 16.9 Å². The third-order valence-electron chi connectivity index (χ3n) is 5.29. The molecule has 148 valence electrons. The lowest BCUT2D eigenvalue weighted by atomic mass is 10.0. The normalized spacial score (nSPS) is 17.4. The fraction of sp³-hybridized carbons (Fsp3) is 0.286. The number of nitrogens with zero attached hydrogens (tertiary/aromatic N) is 4. The second-order valence-electron chi connectivity index (χ2n) is 7.11. The van der Waals surface area contributed by atoms with Gasteiger partial charge >= 0.3 is 0 Å². The first-order valence-corrected chi connectivity index (χ1v) is 9.48. The van der Waals surface area contributed by atoms with Crippen LogP contribution >= 0.6 is 0 Å². The Morgan fingerprint density at radius 3 is 2.55 bits per heavy atom. The number of anilines is 1. The van der Waals surface area contributed by atoms with Gasteiger partial charge in [-0.2, -0.15) is 0 Å². The van der Waals surface area contributed by atoms with E-state index in [1.807, 2.05) is 30.3 Å². The van der Waals surface area contributed by atoms with E-state index >= 15 is 0 Å². The van der Waals surface area contributed by atoms with E-state index < -0.39 is 6.04 Å². The average Bonchev–Trinajstić information content (AvgIpc) is 2.98. The molecule has 1 aromatic heterocycles. The summed E-state index contributed by atoms with van der Waals surface area (Å²) in [6, 6.07) is 9.00. The van der Waals surface area contributed by atoms with Gasteiger partial charge in [0.15, 0.2) is 5.82 Å². The van der Waals surface area contributed by atoms with Crippen LogP contribution < -0.4 is 5.32 Å². The molecular weight excluding hydrogens is 370 g/mol. The zero-order chi connectivity index (χ0) is 20.5. The quantitative estimate of drug-likeness (QED) is 0.799. The predicted octanol–water partition coefficient (Wildman–Crippen LogP) is 1.82. The van der Waals surface area contributed by atoms with Crippen molar-refractivity contribution in [3.63, 3.8) is 0 Å². The van der Waals surface area contributed by atoms with Crippen molar-refractivity contribution in [2.24, 2.45) is 0 Å². The molecule has 0 saturated heterocycles. The van der Waals surface area contributed by atoms with E-state index in [2.05, 4.69) is 15.3 Å². The number of carbonyl (C=O) groups is 3. The van der Waals surface area contributed by atoms with Crippen molar-refractivity contribution in [2.75, 3.05) is 18.9 Å². The third kappa shape index (κ3) is 3.37. The van der Waals surface area contributed by atoms with Gasteiger partial charge in [0.1, 0.15) is 11.7 Å². The van der Waals surface area contributed by atoms with E-state index in [1.54, 1.807) is 18.0 Å². The van der Waals surface area contributed by atoms with E-state index in [9.17, 15) is 14.4 Å². The lowest BCUT2D eigenvalue weighted by Crippen LogP contribution is -2.45. The van der Waals surface area contributed by atoms with Gasteiger partial charge in [0.05, 0.1) is 18.1 Å². The molecule has 4 rings (SSSR count). The van der Waals surface area contributed by atoms with Gasteiger partial charge in [0.25, 0.3) is 11.8 Å². The first kappa shape index (κ1) is 18.8. The first-order valence-electron chi connectivity index (χ1n) is 9.48. The molecule has 3 heterocycles. The lowest BCUT2D eigenvalue weighted by Gasteiger charge is -2.33. The second kappa shape index (κ2) is 7.46. The number of likely N-dealkylation sites (N-methyl/N-ethyl adjacent to an activating group) is 1. The van der Waals surface area contributed by atoms with Crippen LogP contribution in [0.25, 0.3) is 11.3 Å². The van der Waals surface area contributed by atoms with Crippen molar-refractivity contribution in [3.05, 3.63) is 54.0 Å². The number of hydrogen-bond donors (Lipinski definition) is 1. The molecule has 1 N–H and O–H groups in total. The van der Waals surface area contributed by atoms with E-state index in [1.165, 1.54) is 13.2 Å². The van der Waals surface area contributed by atoms with Gasteiger partial charge in [-0.25, -0.2) is 4.98 Å². The number of aromatic nitrogens is 2. The number of amides is 3. The smallest absolute Gasteiger partial charge is 0.277 e. The van der Waals surface area contributed by atoms with Crippen LogP contribution in [0, 0.1) is 0 Å². The Labute approximate surface area is 168 Å². The number of rotatable bonds is 4. The summed E-state index contributed by atoms with van der Waals surface area (Å²) in [7, 11) is 1.47. The highest BCUT2D eigenvalue weighted by atomic mass is 16.2. The fourth-order valence-electron chi connectivity index (χ4n) is 3.65. The topological polar surface area (TPSA) is 95.5 Å². The van der Waals surface area contributed by atoms with Crippen LogP contribution in [0.2, 0.25) is 0 Å². The molecule has 8 nitrogen and oxygen atoms in total. The Kier molecular flexibility index (Phi) is 4.84. The summed E-state index contributed by atoms with van der Waals surface area (Å²) in [6.45, 7) is 2.26.